The van der Waals surface area contributed by atoms with Crippen molar-refractivity contribution in [2.75, 3.05) is 25.0 Å². The number of nitrogens with zero attached hydrogens (tertiary/aromatic N) is 4. The van der Waals surface area contributed by atoms with Crippen LogP contribution in [-0.4, -0.2) is 60.2 Å². The van der Waals surface area contributed by atoms with Gasteiger partial charge in [0.25, 0.3) is 0 Å². The predicted octanol–water partition coefficient (Wildman–Crippen LogP) is 2.41. The lowest BCUT2D eigenvalue weighted by Gasteiger charge is -2.37. The summed E-state index contributed by atoms with van der Waals surface area (Å²) in [5.41, 5.74) is 2.33. The number of carbonyl (C=O) groups is 1. The van der Waals surface area contributed by atoms with E-state index >= 15 is 0 Å². The van der Waals surface area contributed by atoms with Crippen molar-refractivity contribution in [1.29, 1.82) is 0 Å². The van der Waals surface area contributed by atoms with Gasteiger partial charge >= 0.3 is 16.3 Å². The Labute approximate surface area is 192 Å². The van der Waals surface area contributed by atoms with E-state index in [2.05, 4.69) is 14.1 Å². The van der Waals surface area contributed by atoms with Crippen LogP contribution in [0.15, 0.2) is 61.1 Å². The molecule has 1 aliphatic heterocycles. The van der Waals surface area contributed by atoms with E-state index in [1.165, 1.54) is 23.0 Å². The Balaban J connectivity index is 1.37. The molecule has 0 atom stereocenters. The molecule has 2 aromatic carbocycles. The van der Waals surface area contributed by atoms with Gasteiger partial charge in [-0.3, -0.25) is 4.57 Å². The van der Waals surface area contributed by atoms with Gasteiger partial charge in [-0.25, -0.2) is 9.78 Å². The molecule has 0 bridgehead atoms. The molecule has 0 radical (unpaired) electrons. The molecule has 0 spiro atoms. The summed E-state index contributed by atoms with van der Waals surface area (Å²) in [6, 6.07) is 13.3. The number of aromatic nitrogens is 2. The topological polar surface area (TPSA) is 131 Å². The molecule has 10 nitrogen and oxygen atoms in total. The van der Waals surface area contributed by atoms with Gasteiger partial charge in [0.05, 0.1) is 5.69 Å². The van der Waals surface area contributed by atoms with E-state index in [0.717, 1.165) is 31.6 Å². The van der Waals surface area contributed by atoms with Gasteiger partial charge in [-0.15, -0.1) is 0 Å². The Kier molecular flexibility index (Phi) is 6.25. The molecule has 1 aromatic heterocycles. The number of hydrogen-bond acceptors (Lipinski definition) is 7. The van der Waals surface area contributed by atoms with Gasteiger partial charge < -0.3 is 19.1 Å². The molecule has 1 saturated heterocycles. The van der Waals surface area contributed by atoms with Crippen molar-refractivity contribution < 1.29 is 22.5 Å². The molecule has 3 aromatic rings. The molecule has 1 amide bonds. The number of phenols is 1. The van der Waals surface area contributed by atoms with Crippen LogP contribution in [0.25, 0.3) is 11.3 Å². The summed E-state index contributed by atoms with van der Waals surface area (Å²) in [6.45, 7) is 1.63. The van der Waals surface area contributed by atoms with E-state index in [4.69, 9.17) is 5.14 Å². The van der Waals surface area contributed by atoms with Crippen molar-refractivity contribution in [3.63, 3.8) is 0 Å². The molecular formula is C22H25N5O5S. The Hall–Kier alpha value is -3.57. The molecule has 174 valence electrons. The second-order valence-corrected chi connectivity index (χ2v) is 9.05. The third kappa shape index (κ3) is 5.44. The highest BCUT2D eigenvalue weighted by molar-refractivity contribution is 7.84. The van der Waals surface area contributed by atoms with Gasteiger partial charge in [0.2, 0.25) is 0 Å². The summed E-state index contributed by atoms with van der Waals surface area (Å²) in [5, 5.41) is 14.3. The molecular weight excluding hydrogens is 446 g/mol. The van der Waals surface area contributed by atoms with Crippen LogP contribution in [0.4, 0.5) is 10.5 Å². The first-order valence-corrected chi connectivity index (χ1v) is 11.8. The number of nitrogens with two attached hydrogens (primary N) is 1. The number of amides is 1. The molecule has 1 fully saturated rings. The standard InChI is InChI=1S/C22H25N5O5S/c1-25(17-10-12-26(13-11-17)18-4-6-19(28)7-5-18)22(29)27-14-21(24-15-27)16-2-8-20(9-3-16)32-33(23,30)31/h2-9,14-15,17,28H,10-13H2,1H3,(H2,23,30,31). The number of aromatic hydroxyl groups is 1. The van der Waals surface area contributed by atoms with Crippen LogP contribution in [0.3, 0.4) is 0 Å². The number of phenolic OH excluding ortho intramolecular Hbond substituents is 1. The molecule has 3 N–H and O–H groups in total. The van der Waals surface area contributed by atoms with Gasteiger partial charge in [-0.1, -0.05) is 0 Å². The highest BCUT2D eigenvalue weighted by Crippen LogP contribution is 2.25. The van der Waals surface area contributed by atoms with E-state index in [0.29, 0.717) is 11.3 Å². The number of imidazole rings is 1. The van der Waals surface area contributed by atoms with Gasteiger partial charge in [-0.05, 0) is 61.4 Å². The summed E-state index contributed by atoms with van der Waals surface area (Å²) < 4.78 is 28.1. The molecule has 1 aliphatic rings. The molecule has 0 saturated carbocycles. The van der Waals surface area contributed by atoms with Crippen LogP contribution in [0.1, 0.15) is 12.8 Å². The SMILES string of the molecule is CN(C(=O)n1cnc(-c2ccc(OS(N)(=O)=O)cc2)c1)C1CCN(c2ccc(O)cc2)CC1. The second-order valence-electron chi connectivity index (χ2n) is 7.89. The van der Waals surface area contributed by atoms with Crippen LogP contribution in [0, 0.1) is 0 Å². The van der Waals surface area contributed by atoms with E-state index in [1.54, 1.807) is 42.4 Å². The first-order chi connectivity index (χ1) is 15.7. The van der Waals surface area contributed by atoms with E-state index < -0.39 is 10.3 Å². The molecule has 33 heavy (non-hydrogen) atoms. The minimum absolute atomic E-state index is 0.0927. The fourth-order valence-corrected chi connectivity index (χ4v) is 4.28. The Bertz CT molecular complexity index is 1220. The first kappa shape index (κ1) is 22.6. The zero-order valence-corrected chi connectivity index (χ0v) is 18.9. The summed E-state index contributed by atoms with van der Waals surface area (Å²) in [6.07, 6.45) is 4.76. The molecule has 0 aliphatic carbocycles. The Morgan fingerprint density at radius 1 is 1.12 bits per heavy atom. The smallest absolute Gasteiger partial charge is 0.380 e. The van der Waals surface area contributed by atoms with Crippen LogP contribution in [0.2, 0.25) is 0 Å². The van der Waals surface area contributed by atoms with Crippen LogP contribution < -0.4 is 14.2 Å². The van der Waals surface area contributed by atoms with E-state index in [9.17, 15) is 18.3 Å². The lowest BCUT2D eigenvalue weighted by atomic mass is 10.0. The van der Waals surface area contributed by atoms with E-state index in [1.807, 2.05) is 12.1 Å². The number of benzene rings is 2. The summed E-state index contributed by atoms with van der Waals surface area (Å²) >= 11 is 0. The minimum Gasteiger partial charge on any atom is -0.508 e. The Morgan fingerprint density at radius 3 is 2.36 bits per heavy atom. The number of hydrogen-bond donors (Lipinski definition) is 2. The fourth-order valence-electron chi connectivity index (χ4n) is 3.90. The number of piperidine rings is 1. The van der Waals surface area contributed by atoms with Crippen molar-refractivity contribution in [3.05, 3.63) is 61.1 Å². The molecule has 4 rings (SSSR count). The molecule has 2 heterocycles. The van der Waals surface area contributed by atoms with Gasteiger partial charge in [0, 0.05) is 43.6 Å². The summed E-state index contributed by atoms with van der Waals surface area (Å²) in [7, 11) is -2.29. The zero-order chi connectivity index (χ0) is 23.6. The number of anilines is 1. The van der Waals surface area contributed by atoms with Crippen LogP contribution in [0.5, 0.6) is 11.5 Å². The average molecular weight is 472 g/mol. The monoisotopic (exact) mass is 471 g/mol. The quantitative estimate of drug-likeness (QED) is 0.584. The maximum absolute atomic E-state index is 13.0. The summed E-state index contributed by atoms with van der Waals surface area (Å²) in [4.78, 5) is 21.3. The number of carbonyl (C=O) groups excluding carboxylic acids is 1. The summed E-state index contributed by atoms with van der Waals surface area (Å²) in [5.74, 6) is 0.335. The van der Waals surface area contributed by atoms with Crippen molar-refractivity contribution in [3.8, 4) is 22.8 Å². The van der Waals surface area contributed by atoms with Crippen LogP contribution in [-0.2, 0) is 10.3 Å². The van der Waals surface area contributed by atoms with E-state index in [-0.39, 0.29) is 23.6 Å². The minimum atomic E-state index is -4.09. The largest absolute Gasteiger partial charge is 0.508 e. The van der Waals surface area contributed by atoms with Crippen molar-refractivity contribution >= 4 is 22.0 Å². The fraction of sp³-hybridized carbons (Fsp3) is 0.273. The lowest BCUT2D eigenvalue weighted by molar-refractivity contribution is 0.181. The van der Waals surface area contributed by atoms with Crippen molar-refractivity contribution in [2.45, 2.75) is 18.9 Å². The van der Waals surface area contributed by atoms with Crippen molar-refractivity contribution in [1.82, 2.24) is 14.5 Å². The lowest BCUT2D eigenvalue weighted by Crippen LogP contribution is -2.46. The maximum Gasteiger partial charge on any atom is 0.380 e. The van der Waals surface area contributed by atoms with Crippen LogP contribution >= 0.6 is 0 Å². The van der Waals surface area contributed by atoms with Gasteiger partial charge in [0.1, 0.15) is 17.8 Å². The maximum atomic E-state index is 13.0. The normalized spacial score (nSPS) is 14.8. The zero-order valence-electron chi connectivity index (χ0n) is 18.0. The molecule has 0 unspecified atom stereocenters. The number of rotatable bonds is 5. The average Bonchev–Trinajstić information content (AvgIpc) is 3.28. The highest BCUT2D eigenvalue weighted by atomic mass is 32.2. The predicted molar refractivity (Wildman–Crippen MR) is 123 cm³/mol. The third-order valence-corrected chi connectivity index (χ3v) is 6.12. The Morgan fingerprint density at radius 2 is 1.76 bits per heavy atom. The third-order valence-electron chi connectivity index (χ3n) is 5.69. The molecule has 11 heteroatoms. The van der Waals surface area contributed by atoms with Gasteiger partial charge in [0.15, 0.2) is 0 Å². The van der Waals surface area contributed by atoms with Crippen molar-refractivity contribution in [2.24, 2.45) is 5.14 Å². The first-order valence-electron chi connectivity index (χ1n) is 10.4. The highest BCUT2D eigenvalue weighted by Gasteiger charge is 2.26. The second kappa shape index (κ2) is 9.12. The van der Waals surface area contributed by atoms with Gasteiger partial charge in [-0.2, -0.15) is 13.6 Å².